The molecule has 1 aromatic heterocycles. The molecule has 3 atom stereocenters. The Morgan fingerprint density at radius 2 is 2.07 bits per heavy atom. The highest BCUT2D eigenvalue weighted by Crippen LogP contribution is 2.43. The number of carbonyl (C=O) groups excluding carboxylic acids is 1. The third-order valence-electron chi connectivity index (χ3n) is 7.53. The topological polar surface area (TPSA) is 45.9 Å². The van der Waals surface area contributed by atoms with E-state index in [4.69, 9.17) is 9.15 Å². The molecule has 0 N–H and O–H groups in total. The molecule has 5 heteroatoms. The maximum Gasteiger partial charge on any atom is 0.227 e. The standard InChI is InChI=1S/C24H32N2O3/c1-25(23(27)16-18-6-4-7-22-19(18)9-15-28-22)20-8-11-24(10-5-14-29-24)17-21(20)26-12-2-3-13-26/h4,6-7,9,15,20-21H,2-3,5,8,10-14,16-17H2,1H3. The summed E-state index contributed by atoms with van der Waals surface area (Å²) in [4.78, 5) is 18.0. The molecule has 2 saturated heterocycles. The zero-order valence-corrected chi connectivity index (χ0v) is 17.4. The summed E-state index contributed by atoms with van der Waals surface area (Å²) < 4.78 is 11.8. The van der Waals surface area contributed by atoms with Gasteiger partial charge in [0.2, 0.25) is 5.91 Å². The lowest BCUT2D eigenvalue weighted by Crippen LogP contribution is -2.58. The number of nitrogens with zero attached hydrogens (tertiary/aromatic N) is 2. The highest BCUT2D eigenvalue weighted by atomic mass is 16.5. The normalized spacial score (nSPS) is 30.4. The van der Waals surface area contributed by atoms with Gasteiger partial charge in [-0.25, -0.2) is 0 Å². The zero-order valence-electron chi connectivity index (χ0n) is 17.4. The summed E-state index contributed by atoms with van der Waals surface area (Å²) in [5.41, 5.74) is 1.97. The molecule has 1 spiro atoms. The van der Waals surface area contributed by atoms with Gasteiger partial charge in [-0.1, -0.05) is 12.1 Å². The largest absolute Gasteiger partial charge is 0.464 e. The van der Waals surface area contributed by atoms with Gasteiger partial charge in [0, 0.05) is 31.1 Å². The van der Waals surface area contributed by atoms with Crippen LogP contribution in [0.4, 0.5) is 0 Å². The van der Waals surface area contributed by atoms with Crippen LogP contribution in [0.1, 0.15) is 50.5 Å². The number of carbonyl (C=O) groups is 1. The zero-order chi connectivity index (χ0) is 19.8. The quantitative estimate of drug-likeness (QED) is 0.784. The molecular formula is C24H32N2O3. The summed E-state index contributed by atoms with van der Waals surface area (Å²) >= 11 is 0. The van der Waals surface area contributed by atoms with E-state index in [1.54, 1.807) is 6.26 Å². The fourth-order valence-electron chi connectivity index (χ4n) is 5.92. The minimum absolute atomic E-state index is 0.0655. The number of rotatable bonds is 4. The van der Waals surface area contributed by atoms with Crippen LogP contribution in [0.2, 0.25) is 0 Å². The van der Waals surface area contributed by atoms with Crippen molar-refractivity contribution in [3.05, 3.63) is 36.1 Å². The van der Waals surface area contributed by atoms with Gasteiger partial charge in [-0.2, -0.15) is 0 Å². The van der Waals surface area contributed by atoms with Gasteiger partial charge in [0.1, 0.15) is 5.58 Å². The van der Waals surface area contributed by atoms with Crippen LogP contribution in [0.15, 0.2) is 34.9 Å². The Morgan fingerprint density at radius 1 is 1.21 bits per heavy atom. The van der Waals surface area contributed by atoms with E-state index in [-0.39, 0.29) is 17.6 Å². The van der Waals surface area contributed by atoms with Crippen LogP contribution in [-0.4, -0.2) is 60.1 Å². The molecule has 0 bridgehead atoms. The van der Waals surface area contributed by atoms with E-state index in [0.29, 0.717) is 12.5 Å². The average molecular weight is 397 g/mol. The highest BCUT2D eigenvalue weighted by Gasteiger charge is 2.47. The van der Waals surface area contributed by atoms with Gasteiger partial charge in [-0.3, -0.25) is 9.69 Å². The third kappa shape index (κ3) is 3.59. The first-order chi connectivity index (χ1) is 14.2. The SMILES string of the molecule is CN(C(=O)Cc1cccc2occc12)C1CCC2(CCCO2)CC1N1CCCC1. The number of fused-ring (bicyclic) bond motifs is 1. The lowest BCUT2D eigenvalue weighted by atomic mass is 9.76. The van der Waals surface area contributed by atoms with Gasteiger partial charge in [0.25, 0.3) is 0 Å². The molecule has 5 nitrogen and oxygen atoms in total. The van der Waals surface area contributed by atoms with E-state index in [1.807, 2.05) is 36.2 Å². The molecule has 29 heavy (non-hydrogen) atoms. The number of hydrogen-bond donors (Lipinski definition) is 0. The number of ether oxygens (including phenoxy) is 1. The summed E-state index contributed by atoms with van der Waals surface area (Å²) in [6.45, 7) is 3.22. The number of hydrogen-bond acceptors (Lipinski definition) is 4. The second-order valence-corrected chi connectivity index (χ2v) is 9.19. The maximum absolute atomic E-state index is 13.3. The second kappa shape index (κ2) is 7.77. The van der Waals surface area contributed by atoms with Crippen LogP contribution in [0.5, 0.6) is 0 Å². The fourth-order valence-corrected chi connectivity index (χ4v) is 5.92. The third-order valence-corrected chi connectivity index (χ3v) is 7.53. The van der Waals surface area contributed by atoms with Gasteiger partial charge in [0.05, 0.1) is 18.3 Å². The molecule has 2 aliphatic heterocycles. The van der Waals surface area contributed by atoms with Gasteiger partial charge >= 0.3 is 0 Å². The molecule has 3 heterocycles. The Bertz CT molecular complexity index is 864. The molecule has 1 amide bonds. The second-order valence-electron chi connectivity index (χ2n) is 9.19. The number of likely N-dealkylation sites (N-methyl/N-ethyl adjacent to an activating group) is 1. The van der Waals surface area contributed by atoms with E-state index in [2.05, 4.69) is 4.90 Å². The molecule has 3 fully saturated rings. The number of likely N-dealkylation sites (tertiary alicyclic amines) is 1. The van der Waals surface area contributed by atoms with Crippen LogP contribution in [0.3, 0.4) is 0 Å². The van der Waals surface area contributed by atoms with Crippen LogP contribution in [-0.2, 0) is 16.0 Å². The van der Waals surface area contributed by atoms with Crippen molar-refractivity contribution in [2.45, 2.75) is 69.1 Å². The van der Waals surface area contributed by atoms with E-state index in [1.165, 1.54) is 25.7 Å². The average Bonchev–Trinajstić information content (AvgIpc) is 3.49. The van der Waals surface area contributed by atoms with Crippen molar-refractivity contribution < 1.29 is 13.9 Å². The predicted octanol–water partition coefficient (Wildman–Crippen LogP) is 4.00. The summed E-state index contributed by atoms with van der Waals surface area (Å²) in [7, 11) is 2.01. The maximum atomic E-state index is 13.3. The molecule has 0 radical (unpaired) electrons. The lowest BCUT2D eigenvalue weighted by molar-refractivity contribution is -0.136. The molecule has 2 aromatic rings. The fraction of sp³-hybridized carbons (Fsp3) is 0.625. The van der Waals surface area contributed by atoms with Crippen molar-refractivity contribution >= 4 is 16.9 Å². The van der Waals surface area contributed by atoms with Crippen LogP contribution in [0, 0.1) is 0 Å². The summed E-state index contributed by atoms with van der Waals surface area (Å²) in [6, 6.07) is 8.64. The molecule has 1 aliphatic carbocycles. The van der Waals surface area contributed by atoms with Crippen LogP contribution < -0.4 is 0 Å². The van der Waals surface area contributed by atoms with Gasteiger partial charge in [0.15, 0.2) is 0 Å². The monoisotopic (exact) mass is 396 g/mol. The van der Waals surface area contributed by atoms with Crippen molar-refractivity contribution in [2.75, 3.05) is 26.7 Å². The van der Waals surface area contributed by atoms with Crippen molar-refractivity contribution in [1.29, 1.82) is 0 Å². The summed E-state index contributed by atoms with van der Waals surface area (Å²) in [5, 5.41) is 1.05. The molecule has 1 saturated carbocycles. The molecule has 156 valence electrons. The van der Waals surface area contributed by atoms with Gasteiger partial charge in [-0.05, 0) is 75.7 Å². The first-order valence-electron chi connectivity index (χ1n) is 11.2. The Balaban J connectivity index is 1.34. The smallest absolute Gasteiger partial charge is 0.227 e. The Hall–Kier alpha value is -1.85. The van der Waals surface area contributed by atoms with Gasteiger partial charge in [-0.15, -0.1) is 0 Å². The summed E-state index contributed by atoms with van der Waals surface area (Å²) in [5.74, 6) is 0.205. The first-order valence-corrected chi connectivity index (χ1v) is 11.2. The van der Waals surface area contributed by atoms with Crippen LogP contribution >= 0.6 is 0 Å². The minimum atomic E-state index is 0.0655. The summed E-state index contributed by atoms with van der Waals surface area (Å²) in [6.07, 6.45) is 10.2. The Kier molecular flexibility index (Phi) is 5.12. The number of benzene rings is 1. The van der Waals surface area contributed by atoms with E-state index < -0.39 is 0 Å². The lowest BCUT2D eigenvalue weighted by Gasteiger charge is -2.48. The number of amides is 1. The van der Waals surface area contributed by atoms with E-state index >= 15 is 0 Å². The molecule has 5 rings (SSSR count). The number of furan rings is 1. The van der Waals surface area contributed by atoms with Crippen LogP contribution in [0.25, 0.3) is 11.0 Å². The molecule has 3 aliphatic rings. The first kappa shape index (κ1) is 19.1. The Morgan fingerprint density at radius 3 is 2.86 bits per heavy atom. The van der Waals surface area contributed by atoms with Crippen molar-refractivity contribution in [1.82, 2.24) is 9.80 Å². The molecular weight excluding hydrogens is 364 g/mol. The highest BCUT2D eigenvalue weighted by molar-refractivity contribution is 5.87. The van der Waals surface area contributed by atoms with Crippen molar-refractivity contribution in [2.24, 2.45) is 0 Å². The Labute approximate surface area is 173 Å². The van der Waals surface area contributed by atoms with Gasteiger partial charge < -0.3 is 14.1 Å². The van der Waals surface area contributed by atoms with E-state index in [9.17, 15) is 4.79 Å². The van der Waals surface area contributed by atoms with Crippen molar-refractivity contribution in [3.63, 3.8) is 0 Å². The molecule has 1 aromatic carbocycles. The van der Waals surface area contributed by atoms with Crippen molar-refractivity contribution in [3.8, 4) is 0 Å². The molecule has 3 unspecified atom stereocenters. The minimum Gasteiger partial charge on any atom is -0.464 e. The predicted molar refractivity (Wildman–Crippen MR) is 113 cm³/mol. The van der Waals surface area contributed by atoms with E-state index in [0.717, 1.165) is 55.5 Å².